The maximum atomic E-state index is 12.7. The summed E-state index contributed by atoms with van der Waals surface area (Å²) in [5, 5.41) is 8.74. The second kappa shape index (κ2) is 9.00. The van der Waals surface area contributed by atoms with Crippen molar-refractivity contribution in [1.82, 2.24) is 19.9 Å². The Morgan fingerprint density at radius 1 is 1.19 bits per heavy atom. The number of hydrogen-bond acceptors (Lipinski definition) is 6. The van der Waals surface area contributed by atoms with Crippen molar-refractivity contribution in [3.63, 3.8) is 0 Å². The van der Waals surface area contributed by atoms with E-state index in [9.17, 15) is 4.79 Å². The fourth-order valence-corrected chi connectivity index (χ4v) is 4.93. The SMILES string of the molecule is COc1ccc(-c2cn3nc(N4CCC[C@H](C(=O)NCc5ccccc5)C4)sc3n2)cc1. The highest BCUT2D eigenvalue weighted by molar-refractivity contribution is 7.20. The molecular weight excluding hydrogens is 422 g/mol. The molecule has 1 amide bonds. The van der Waals surface area contributed by atoms with Crippen LogP contribution in [0.3, 0.4) is 0 Å². The predicted molar refractivity (Wildman–Crippen MR) is 126 cm³/mol. The van der Waals surface area contributed by atoms with E-state index in [4.69, 9.17) is 14.8 Å². The quantitative estimate of drug-likeness (QED) is 0.484. The third-order valence-electron chi connectivity index (χ3n) is 5.79. The van der Waals surface area contributed by atoms with Crippen LogP contribution < -0.4 is 15.0 Å². The monoisotopic (exact) mass is 447 g/mol. The number of amides is 1. The molecule has 0 bridgehead atoms. The predicted octanol–water partition coefficient (Wildman–Crippen LogP) is 4.00. The Balaban J connectivity index is 1.25. The molecule has 5 rings (SSSR count). The first-order chi connectivity index (χ1) is 15.7. The van der Waals surface area contributed by atoms with Gasteiger partial charge < -0.3 is 15.0 Å². The van der Waals surface area contributed by atoms with E-state index in [-0.39, 0.29) is 11.8 Å². The Morgan fingerprint density at radius 3 is 2.75 bits per heavy atom. The minimum atomic E-state index is -0.0291. The van der Waals surface area contributed by atoms with E-state index in [1.165, 1.54) is 0 Å². The van der Waals surface area contributed by atoms with Crippen LogP contribution in [0.25, 0.3) is 16.2 Å². The Hall–Kier alpha value is -3.39. The topological polar surface area (TPSA) is 71.8 Å². The Morgan fingerprint density at radius 2 is 2.00 bits per heavy atom. The van der Waals surface area contributed by atoms with E-state index in [0.717, 1.165) is 52.0 Å². The first-order valence-corrected chi connectivity index (χ1v) is 11.6. The summed E-state index contributed by atoms with van der Waals surface area (Å²) in [5.41, 5.74) is 3.02. The van der Waals surface area contributed by atoms with Crippen molar-refractivity contribution in [1.29, 1.82) is 0 Å². The molecule has 2 aromatic heterocycles. The maximum Gasteiger partial charge on any atom is 0.225 e. The van der Waals surface area contributed by atoms with Crippen molar-refractivity contribution in [2.24, 2.45) is 5.92 Å². The third-order valence-corrected chi connectivity index (χ3v) is 6.77. The molecule has 0 unspecified atom stereocenters. The highest BCUT2D eigenvalue weighted by Gasteiger charge is 2.27. The molecule has 0 aliphatic carbocycles. The van der Waals surface area contributed by atoms with Crippen LogP contribution in [-0.2, 0) is 11.3 Å². The zero-order valence-electron chi connectivity index (χ0n) is 17.9. The van der Waals surface area contributed by atoms with Gasteiger partial charge in [0.1, 0.15) is 5.75 Å². The molecule has 1 aliphatic heterocycles. The molecule has 1 fully saturated rings. The van der Waals surface area contributed by atoms with Gasteiger partial charge in [-0.05, 0) is 42.7 Å². The number of benzene rings is 2. The number of ether oxygens (including phenoxy) is 1. The molecule has 0 spiro atoms. The van der Waals surface area contributed by atoms with Gasteiger partial charge in [-0.3, -0.25) is 4.79 Å². The van der Waals surface area contributed by atoms with Crippen molar-refractivity contribution in [2.75, 3.05) is 25.1 Å². The number of carbonyl (C=O) groups is 1. The van der Waals surface area contributed by atoms with Crippen LogP contribution >= 0.6 is 11.3 Å². The summed E-state index contributed by atoms with van der Waals surface area (Å²) < 4.78 is 7.06. The third kappa shape index (κ3) is 4.31. The van der Waals surface area contributed by atoms with Gasteiger partial charge >= 0.3 is 0 Å². The number of nitrogens with zero attached hydrogens (tertiary/aromatic N) is 4. The maximum absolute atomic E-state index is 12.7. The van der Waals surface area contributed by atoms with E-state index < -0.39 is 0 Å². The Bertz CT molecular complexity index is 1170. The summed E-state index contributed by atoms with van der Waals surface area (Å²) in [5.74, 6) is 0.905. The molecule has 1 N–H and O–H groups in total. The number of hydrogen-bond donors (Lipinski definition) is 1. The molecular formula is C24H25N5O2S. The van der Waals surface area contributed by atoms with Crippen LogP contribution in [0, 0.1) is 5.92 Å². The fourth-order valence-electron chi connectivity index (χ4n) is 4.01. The van der Waals surface area contributed by atoms with E-state index in [2.05, 4.69) is 10.2 Å². The van der Waals surface area contributed by atoms with Gasteiger partial charge in [-0.2, -0.15) is 0 Å². The average molecular weight is 448 g/mol. The molecule has 1 aliphatic rings. The van der Waals surface area contributed by atoms with E-state index in [1.54, 1.807) is 18.4 Å². The number of nitrogens with one attached hydrogen (secondary N) is 1. The van der Waals surface area contributed by atoms with Gasteiger partial charge in [0, 0.05) is 25.2 Å². The van der Waals surface area contributed by atoms with Gasteiger partial charge in [0.05, 0.1) is 24.9 Å². The van der Waals surface area contributed by atoms with Crippen molar-refractivity contribution in [2.45, 2.75) is 19.4 Å². The zero-order chi connectivity index (χ0) is 21.9. The van der Waals surface area contributed by atoms with Gasteiger partial charge in [-0.15, -0.1) is 5.10 Å². The zero-order valence-corrected chi connectivity index (χ0v) is 18.7. The summed E-state index contributed by atoms with van der Waals surface area (Å²) in [6.45, 7) is 2.16. The molecule has 7 nitrogen and oxygen atoms in total. The lowest BCUT2D eigenvalue weighted by Crippen LogP contribution is -2.43. The fraction of sp³-hybridized carbons (Fsp3) is 0.292. The molecule has 2 aromatic carbocycles. The number of rotatable bonds is 6. The number of anilines is 1. The van der Waals surface area contributed by atoms with Crippen molar-refractivity contribution in [3.05, 3.63) is 66.4 Å². The largest absolute Gasteiger partial charge is 0.497 e. The summed E-state index contributed by atoms with van der Waals surface area (Å²) in [6.07, 6.45) is 3.83. The van der Waals surface area contributed by atoms with Crippen LogP contribution in [0.1, 0.15) is 18.4 Å². The molecule has 1 saturated heterocycles. The Kier molecular flexibility index (Phi) is 5.77. The standard InChI is InChI=1S/C24H25N5O2S/c1-31-20-11-9-18(10-12-20)21-16-29-23(26-21)32-24(27-29)28-13-5-8-19(15-28)22(30)25-14-17-6-3-2-4-7-17/h2-4,6-7,9-12,16,19H,5,8,13-15H2,1H3,(H,25,30)/t19-/m0/s1. The summed E-state index contributed by atoms with van der Waals surface area (Å²) in [7, 11) is 1.66. The normalized spacial score (nSPS) is 16.3. The summed E-state index contributed by atoms with van der Waals surface area (Å²) in [4.78, 5) is 20.5. The highest BCUT2D eigenvalue weighted by atomic mass is 32.1. The van der Waals surface area contributed by atoms with Gasteiger partial charge in [-0.25, -0.2) is 9.50 Å². The number of fused-ring (bicyclic) bond motifs is 1. The van der Waals surface area contributed by atoms with Gasteiger partial charge in [-0.1, -0.05) is 41.7 Å². The molecule has 3 heterocycles. The van der Waals surface area contributed by atoms with Crippen LogP contribution in [0.4, 0.5) is 5.13 Å². The molecule has 32 heavy (non-hydrogen) atoms. The molecule has 0 saturated carbocycles. The average Bonchev–Trinajstić information content (AvgIpc) is 3.43. The highest BCUT2D eigenvalue weighted by Crippen LogP contribution is 2.30. The van der Waals surface area contributed by atoms with E-state index >= 15 is 0 Å². The lowest BCUT2D eigenvalue weighted by molar-refractivity contribution is -0.125. The lowest BCUT2D eigenvalue weighted by Gasteiger charge is -2.31. The second-order valence-electron chi connectivity index (χ2n) is 7.95. The Labute approximate surface area is 190 Å². The smallest absolute Gasteiger partial charge is 0.225 e. The number of aromatic nitrogens is 3. The number of piperidine rings is 1. The minimum absolute atomic E-state index is 0.0291. The molecule has 4 aromatic rings. The second-order valence-corrected chi connectivity index (χ2v) is 8.89. The molecule has 164 valence electrons. The first kappa shape index (κ1) is 20.5. The van der Waals surface area contributed by atoms with Crippen molar-refractivity contribution < 1.29 is 9.53 Å². The number of imidazole rings is 1. The van der Waals surface area contributed by atoms with Gasteiger partial charge in [0.2, 0.25) is 16.0 Å². The number of methoxy groups -OCH3 is 1. The molecule has 1 atom stereocenters. The van der Waals surface area contributed by atoms with Crippen LogP contribution in [-0.4, -0.2) is 40.7 Å². The van der Waals surface area contributed by atoms with Crippen LogP contribution in [0.5, 0.6) is 5.75 Å². The van der Waals surface area contributed by atoms with Gasteiger partial charge in [0.15, 0.2) is 0 Å². The first-order valence-electron chi connectivity index (χ1n) is 10.8. The minimum Gasteiger partial charge on any atom is -0.497 e. The van der Waals surface area contributed by atoms with E-state index in [1.807, 2.05) is 65.3 Å². The number of carbonyl (C=O) groups excluding carboxylic acids is 1. The van der Waals surface area contributed by atoms with Crippen LogP contribution in [0.2, 0.25) is 0 Å². The van der Waals surface area contributed by atoms with E-state index in [0.29, 0.717) is 13.1 Å². The molecule has 0 radical (unpaired) electrons. The molecule has 8 heteroatoms. The van der Waals surface area contributed by atoms with Crippen molar-refractivity contribution in [3.8, 4) is 17.0 Å². The summed E-state index contributed by atoms with van der Waals surface area (Å²) >= 11 is 1.56. The van der Waals surface area contributed by atoms with Gasteiger partial charge in [0.25, 0.3) is 0 Å². The van der Waals surface area contributed by atoms with Crippen molar-refractivity contribution >= 4 is 27.3 Å². The lowest BCUT2D eigenvalue weighted by atomic mass is 9.97. The van der Waals surface area contributed by atoms with Crippen LogP contribution in [0.15, 0.2) is 60.8 Å². The summed E-state index contributed by atoms with van der Waals surface area (Å²) in [6, 6.07) is 17.9.